The first kappa shape index (κ1) is 41.1. The van der Waals surface area contributed by atoms with E-state index in [1.165, 1.54) is 183 Å². The predicted octanol–water partition coefficient (Wildman–Crippen LogP) is 14.7. The molecule has 0 bridgehead atoms. The van der Waals surface area contributed by atoms with Crippen LogP contribution in [0, 0.1) is 0 Å². The number of hydrogen-bond donors (Lipinski definition) is 0. The summed E-state index contributed by atoms with van der Waals surface area (Å²) >= 11 is 0. The van der Waals surface area contributed by atoms with Gasteiger partial charge in [0.1, 0.15) is 13.1 Å². The standard InChI is InChI=1S/C46H76N/c1-3-5-7-9-11-13-15-17-19-21-23-25-27-35-41-47(43-45-37-31-29-32-38-45,44-46-39-33-30-34-40-46)42-36-28-26-24-22-20-18-16-14-12-10-8-6-4-2/h19-22,29-34,37-40H,3-18,23-28,35-36,41-44H2,1-2H3/q+1/b21-19+,22-20+. The number of quaternary nitrogens is 1. The molecule has 0 aromatic heterocycles. The van der Waals surface area contributed by atoms with Crippen molar-refractivity contribution in [1.29, 1.82) is 0 Å². The third-order valence-corrected chi connectivity index (χ3v) is 10.0. The summed E-state index contributed by atoms with van der Waals surface area (Å²) in [4.78, 5) is 0. The van der Waals surface area contributed by atoms with Gasteiger partial charge in [0.2, 0.25) is 0 Å². The Morgan fingerprint density at radius 2 is 0.660 bits per heavy atom. The van der Waals surface area contributed by atoms with Gasteiger partial charge in [0.15, 0.2) is 0 Å². The van der Waals surface area contributed by atoms with Crippen LogP contribution in [0.15, 0.2) is 85.0 Å². The average Bonchev–Trinajstić information content (AvgIpc) is 3.09. The quantitative estimate of drug-likeness (QED) is 0.0423. The molecule has 0 amide bonds. The maximum absolute atomic E-state index is 2.47. The zero-order valence-corrected chi connectivity index (χ0v) is 31.3. The minimum Gasteiger partial charge on any atom is -0.316 e. The van der Waals surface area contributed by atoms with Gasteiger partial charge in [-0.2, -0.15) is 0 Å². The molecule has 0 spiro atoms. The fourth-order valence-electron chi connectivity index (χ4n) is 7.11. The van der Waals surface area contributed by atoms with Gasteiger partial charge in [-0.3, -0.25) is 0 Å². The molecule has 0 saturated heterocycles. The number of benzene rings is 2. The highest BCUT2D eigenvalue weighted by Gasteiger charge is 2.27. The van der Waals surface area contributed by atoms with E-state index in [9.17, 15) is 0 Å². The molecule has 0 fully saturated rings. The van der Waals surface area contributed by atoms with Crippen LogP contribution in [0.3, 0.4) is 0 Å². The monoisotopic (exact) mass is 643 g/mol. The van der Waals surface area contributed by atoms with Crippen LogP contribution in [0.1, 0.15) is 179 Å². The molecule has 264 valence electrons. The van der Waals surface area contributed by atoms with Crippen molar-refractivity contribution in [3.63, 3.8) is 0 Å². The zero-order chi connectivity index (χ0) is 33.4. The normalized spacial score (nSPS) is 12.1. The molecule has 2 aromatic carbocycles. The third-order valence-electron chi connectivity index (χ3n) is 10.0. The maximum Gasteiger partial charge on any atom is 0.105 e. The van der Waals surface area contributed by atoms with Gasteiger partial charge >= 0.3 is 0 Å². The van der Waals surface area contributed by atoms with Crippen molar-refractivity contribution in [3.05, 3.63) is 96.1 Å². The summed E-state index contributed by atoms with van der Waals surface area (Å²) in [6.45, 7) is 9.46. The van der Waals surface area contributed by atoms with Crippen LogP contribution >= 0.6 is 0 Å². The smallest absolute Gasteiger partial charge is 0.105 e. The van der Waals surface area contributed by atoms with E-state index in [1.54, 1.807) is 0 Å². The molecule has 1 nitrogen and oxygen atoms in total. The Kier molecular flexibility index (Phi) is 26.2. The molecular formula is C46H76N+. The number of hydrogen-bond acceptors (Lipinski definition) is 0. The number of unbranched alkanes of at least 4 members (excludes halogenated alkanes) is 20. The second-order valence-corrected chi connectivity index (χ2v) is 14.5. The molecule has 0 aliphatic heterocycles. The highest BCUT2D eigenvalue weighted by Crippen LogP contribution is 2.24. The van der Waals surface area contributed by atoms with Crippen molar-refractivity contribution in [2.45, 2.75) is 181 Å². The number of nitrogens with zero attached hydrogens (tertiary/aromatic N) is 1. The fourth-order valence-corrected chi connectivity index (χ4v) is 7.11. The molecule has 0 radical (unpaired) electrons. The molecule has 0 aliphatic rings. The average molecular weight is 643 g/mol. The Morgan fingerprint density at radius 3 is 1.00 bits per heavy atom. The number of rotatable bonds is 32. The lowest BCUT2D eigenvalue weighted by molar-refractivity contribution is -0.954. The van der Waals surface area contributed by atoms with E-state index in [0.717, 1.165) is 13.1 Å². The van der Waals surface area contributed by atoms with Crippen LogP contribution in [-0.4, -0.2) is 17.6 Å². The summed E-state index contributed by atoms with van der Waals surface area (Å²) in [5.74, 6) is 0. The van der Waals surface area contributed by atoms with E-state index in [1.807, 2.05) is 0 Å². The second kappa shape index (κ2) is 30.0. The molecule has 0 saturated carbocycles. The molecule has 47 heavy (non-hydrogen) atoms. The van der Waals surface area contributed by atoms with Gasteiger partial charge in [-0.05, 0) is 77.0 Å². The Hall–Kier alpha value is -2.12. The van der Waals surface area contributed by atoms with E-state index < -0.39 is 0 Å². The van der Waals surface area contributed by atoms with E-state index in [-0.39, 0.29) is 0 Å². The second-order valence-electron chi connectivity index (χ2n) is 14.5. The topological polar surface area (TPSA) is 0 Å². The van der Waals surface area contributed by atoms with E-state index >= 15 is 0 Å². The van der Waals surface area contributed by atoms with E-state index in [4.69, 9.17) is 0 Å². The van der Waals surface area contributed by atoms with Crippen molar-refractivity contribution in [3.8, 4) is 0 Å². The first-order valence-electron chi connectivity index (χ1n) is 20.5. The Bertz CT molecular complexity index is 893. The van der Waals surface area contributed by atoms with Gasteiger partial charge in [-0.1, -0.05) is 176 Å². The Labute approximate surface area is 293 Å². The van der Waals surface area contributed by atoms with Gasteiger partial charge in [-0.15, -0.1) is 0 Å². The largest absolute Gasteiger partial charge is 0.316 e. The first-order chi connectivity index (χ1) is 23.3. The van der Waals surface area contributed by atoms with Gasteiger partial charge in [0.25, 0.3) is 0 Å². The first-order valence-corrected chi connectivity index (χ1v) is 20.5. The molecule has 2 rings (SSSR count). The van der Waals surface area contributed by atoms with Crippen LogP contribution in [0.4, 0.5) is 0 Å². The van der Waals surface area contributed by atoms with Crippen molar-refractivity contribution in [2.75, 3.05) is 13.1 Å². The van der Waals surface area contributed by atoms with Gasteiger partial charge in [0, 0.05) is 11.1 Å². The van der Waals surface area contributed by atoms with Crippen molar-refractivity contribution < 1.29 is 4.48 Å². The molecule has 2 aromatic rings. The van der Waals surface area contributed by atoms with Crippen molar-refractivity contribution in [1.82, 2.24) is 0 Å². The fraction of sp³-hybridized carbons (Fsp3) is 0.652. The Morgan fingerprint density at radius 1 is 0.362 bits per heavy atom. The summed E-state index contributed by atoms with van der Waals surface area (Å²) in [7, 11) is 0. The molecular weight excluding hydrogens is 567 g/mol. The highest BCUT2D eigenvalue weighted by atomic mass is 15.3. The SMILES string of the molecule is CCCCCCCCC/C=C/CCCCC[N+](CCCCC/C=C/CCCCCCCCC)(Cc1ccccc1)Cc1ccccc1. The van der Waals surface area contributed by atoms with Crippen molar-refractivity contribution in [2.24, 2.45) is 0 Å². The van der Waals surface area contributed by atoms with Crippen LogP contribution in [0.2, 0.25) is 0 Å². The predicted molar refractivity (Wildman–Crippen MR) is 211 cm³/mol. The summed E-state index contributed by atoms with van der Waals surface area (Å²) in [5, 5.41) is 0. The minimum absolute atomic E-state index is 1.15. The lowest BCUT2D eigenvalue weighted by atomic mass is 10.0. The van der Waals surface area contributed by atoms with Gasteiger partial charge in [0.05, 0.1) is 13.1 Å². The van der Waals surface area contributed by atoms with Crippen LogP contribution in [-0.2, 0) is 13.1 Å². The summed E-state index contributed by atoms with van der Waals surface area (Å²) in [6.07, 6.45) is 42.6. The molecule has 0 heterocycles. The highest BCUT2D eigenvalue weighted by molar-refractivity contribution is 5.15. The molecule has 0 aliphatic carbocycles. The molecule has 1 heteroatoms. The maximum atomic E-state index is 2.47. The zero-order valence-electron chi connectivity index (χ0n) is 31.3. The molecule has 0 atom stereocenters. The van der Waals surface area contributed by atoms with Crippen LogP contribution < -0.4 is 0 Å². The van der Waals surface area contributed by atoms with E-state index in [2.05, 4.69) is 98.8 Å². The third kappa shape index (κ3) is 23.0. The molecule has 0 N–H and O–H groups in total. The van der Waals surface area contributed by atoms with Crippen LogP contribution in [0.5, 0.6) is 0 Å². The summed E-state index contributed by atoms with van der Waals surface area (Å²) in [6, 6.07) is 22.6. The van der Waals surface area contributed by atoms with Crippen molar-refractivity contribution >= 4 is 0 Å². The summed E-state index contributed by atoms with van der Waals surface area (Å²) < 4.78 is 1.19. The Balaban J connectivity index is 1.79. The lowest BCUT2D eigenvalue weighted by Crippen LogP contribution is -2.48. The molecule has 0 unspecified atom stereocenters. The minimum atomic E-state index is 1.15. The van der Waals surface area contributed by atoms with Crippen LogP contribution in [0.25, 0.3) is 0 Å². The van der Waals surface area contributed by atoms with Gasteiger partial charge in [-0.25, -0.2) is 0 Å². The van der Waals surface area contributed by atoms with Gasteiger partial charge < -0.3 is 4.48 Å². The summed E-state index contributed by atoms with van der Waals surface area (Å²) in [5.41, 5.74) is 2.98. The number of allylic oxidation sites excluding steroid dienone is 4. The lowest BCUT2D eigenvalue weighted by Gasteiger charge is -2.39. The van der Waals surface area contributed by atoms with E-state index in [0.29, 0.717) is 0 Å².